The Bertz CT molecular complexity index is 580. The van der Waals surface area contributed by atoms with Gasteiger partial charge < -0.3 is 10.6 Å². The number of hydrogen-bond acceptors (Lipinski definition) is 3. The molecule has 124 valence electrons. The molecule has 0 aromatic heterocycles. The van der Waals surface area contributed by atoms with Crippen LogP contribution in [0.4, 0.5) is 18.0 Å². The summed E-state index contributed by atoms with van der Waals surface area (Å²) in [7, 11) is 0. The van der Waals surface area contributed by atoms with Gasteiger partial charge in [0, 0.05) is 25.7 Å². The van der Waals surface area contributed by atoms with Crippen LogP contribution in [-0.2, 0) is 6.54 Å². The van der Waals surface area contributed by atoms with Crippen LogP contribution in [0.1, 0.15) is 17.5 Å². The van der Waals surface area contributed by atoms with Gasteiger partial charge in [0.2, 0.25) is 0 Å². The molecule has 1 aromatic rings. The number of carbonyl (C=O) groups excluding carboxylic acids is 1. The topological polar surface area (TPSA) is 68.2 Å². The number of nitrogens with zero attached hydrogens (tertiary/aromatic N) is 2. The molecule has 1 fully saturated rings. The molecule has 0 spiro atoms. The maximum Gasteiger partial charge on any atom is 0.401 e. The van der Waals surface area contributed by atoms with Crippen LogP contribution in [0.3, 0.4) is 0 Å². The maximum absolute atomic E-state index is 12.3. The molecule has 1 heterocycles. The van der Waals surface area contributed by atoms with E-state index in [0.717, 1.165) is 5.56 Å². The van der Waals surface area contributed by atoms with Crippen LogP contribution >= 0.6 is 0 Å². The van der Waals surface area contributed by atoms with Gasteiger partial charge in [-0.2, -0.15) is 18.4 Å². The van der Waals surface area contributed by atoms with Gasteiger partial charge in [0.25, 0.3) is 0 Å². The van der Waals surface area contributed by atoms with Crippen LogP contribution in [0.5, 0.6) is 0 Å². The highest BCUT2D eigenvalue weighted by molar-refractivity contribution is 5.74. The second-order valence-electron chi connectivity index (χ2n) is 5.47. The van der Waals surface area contributed by atoms with Crippen LogP contribution in [0.15, 0.2) is 24.3 Å². The summed E-state index contributed by atoms with van der Waals surface area (Å²) in [5.74, 6) is 0. The highest BCUT2D eigenvalue weighted by Crippen LogP contribution is 2.19. The Balaban J connectivity index is 1.72. The van der Waals surface area contributed by atoms with Crippen molar-refractivity contribution in [3.8, 4) is 6.07 Å². The van der Waals surface area contributed by atoms with E-state index in [1.54, 1.807) is 24.3 Å². The fourth-order valence-corrected chi connectivity index (χ4v) is 2.46. The minimum atomic E-state index is -4.22. The number of alkyl halides is 3. The van der Waals surface area contributed by atoms with Gasteiger partial charge in [0.15, 0.2) is 0 Å². The zero-order chi connectivity index (χ0) is 16.9. The van der Waals surface area contributed by atoms with E-state index in [1.807, 2.05) is 6.07 Å². The molecule has 2 N–H and O–H groups in total. The Morgan fingerprint density at radius 2 is 2.04 bits per heavy atom. The number of benzene rings is 1. The zero-order valence-electron chi connectivity index (χ0n) is 12.4. The van der Waals surface area contributed by atoms with E-state index in [2.05, 4.69) is 10.6 Å². The summed E-state index contributed by atoms with van der Waals surface area (Å²) < 4.78 is 36.9. The van der Waals surface area contributed by atoms with Gasteiger partial charge in [-0.1, -0.05) is 12.1 Å². The summed E-state index contributed by atoms with van der Waals surface area (Å²) in [5, 5.41) is 14.0. The first-order valence-corrected chi connectivity index (χ1v) is 7.18. The first kappa shape index (κ1) is 17.1. The lowest BCUT2D eigenvalue weighted by Crippen LogP contribution is -2.43. The van der Waals surface area contributed by atoms with Gasteiger partial charge in [-0.15, -0.1) is 0 Å². The number of nitriles is 1. The van der Waals surface area contributed by atoms with Crippen molar-refractivity contribution in [2.45, 2.75) is 25.2 Å². The van der Waals surface area contributed by atoms with Crippen LogP contribution < -0.4 is 10.6 Å². The number of rotatable bonds is 4. The Morgan fingerprint density at radius 1 is 1.35 bits per heavy atom. The molecule has 8 heteroatoms. The second kappa shape index (κ2) is 7.33. The Labute approximate surface area is 132 Å². The quantitative estimate of drug-likeness (QED) is 0.889. The lowest BCUT2D eigenvalue weighted by Gasteiger charge is -2.18. The van der Waals surface area contributed by atoms with Crippen LogP contribution in [0.2, 0.25) is 0 Å². The molecule has 0 aliphatic carbocycles. The maximum atomic E-state index is 12.3. The highest BCUT2D eigenvalue weighted by atomic mass is 19.4. The van der Waals surface area contributed by atoms with E-state index in [9.17, 15) is 18.0 Å². The number of urea groups is 1. The van der Waals surface area contributed by atoms with E-state index in [-0.39, 0.29) is 19.1 Å². The van der Waals surface area contributed by atoms with E-state index >= 15 is 0 Å². The standard InChI is InChI=1S/C15H17F3N4O/c16-15(17,18)10-22-6-5-13(9-22)21-14(23)20-8-12-3-1-11(7-19)2-4-12/h1-4,13H,5-6,8-10H2,(H2,20,21,23). The smallest absolute Gasteiger partial charge is 0.334 e. The summed E-state index contributed by atoms with van der Waals surface area (Å²) in [6.45, 7) is -0.140. The van der Waals surface area contributed by atoms with Crippen LogP contribution in [0.25, 0.3) is 0 Å². The van der Waals surface area contributed by atoms with Gasteiger partial charge in [-0.05, 0) is 24.1 Å². The Kier molecular flexibility index (Phi) is 5.45. The Morgan fingerprint density at radius 3 is 2.65 bits per heavy atom. The molecule has 1 aliphatic rings. The van der Waals surface area contributed by atoms with Crippen molar-refractivity contribution in [3.05, 3.63) is 35.4 Å². The average molecular weight is 326 g/mol. The number of carbonyl (C=O) groups is 1. The average Bonchev–Trinajstić information content (AvgIpc) is 2.90. The molecular formula is C15H17F3N4O. The lowest BCUT2D eigenvalue weighted by atomic mass is 10.1. The first-order chi connectivity index (χ1) is 10.9. The predicted octanol–water partition coefficient (Wildman–Crippen LogP) is 1.99. The summed E-state index contributed by atoms with van der Waals surface area (Å²) in [4.78, 5) is 13.1. The van der Waals surface area contributed by atoms with Crippen molar-refractivity contribution < 1.29 is 18.0 Å². The van der Waals surface area contributed by atoms with Crippen molar-refractivity contribution in [1.82, 2.24) is 15.5 Å². The molecule has 0 bridgehead atoms. The van der Waals surface area contributed by atoms with Crippen LogP contribution in [-0.4, -0.2) is 42.8 Å². The van der Waals surface area contributed by atoms with E-state index < -0.39 is 18.8 Å². The molecule has 0 saturated carbocycles. The summed E-state index contributed by atoms with van der Waals surface area (Å²) in [6.07, 6.45) is -3.72. The monoisotopic (exact) mass is 326 g/mol. The third-order valence-corrected chi connectivity index (χ3v) is 3.55. The van der Waals surface area contributed by atoms with Crippen molar-refractivity contribution in [1.29, 1.82) is 5.26 Å². The summed E-state index contributed by atoms with van der Waals surface area (Å²) >= 11 is 0. The van der Waals surface area contributed by atoms with E-state index in [1.165, 1.54) is 4.90 Å². The predicted molar refractivity (Wildman–Crippen MR) is 77.4 cm³/mol. The molecule has 2 rings (SSSR count). The minimum absolute atomic E-state index is 0.198. The lowest BCUT2D eigenvalue weighted by molar-refractivity contribution is -0.143. The molecule has 1 atom stereocenters. The van der Waals surface area contributed by atoms with Gasteiger partial charge in [-0.3, -0.25) is 4.90 Å². The van der Waals surface area contributed by atoms with Gasteiger partial charge in [0.05, 0.1) is 18.2 Å². The first-order valence-electron chi connectivity index (χ1n) is 7.18. The molecular weight excluding hydrogens is 309 g/mol. The molecule has 1 saturated heterocycles. The molecule has 1 aromatic carbocycles. The fraction of sp³-hybridized carbons (Fsp3) is 0.467. The van der Waals surface area contributed by atoms with Crippen molar-refractivity contribution in [2.24, 2.45) is 0 Å². The molecule has 1 aliphatic heterocycles. The Hall–Kier alpha value is -2.27. The normalized spacial score (nSPS) is 18.4. The number of likely N-dealkylation sites (tertiary alicyclic amines) is 1. The number of amides is 2. The SMILES string of the molecule is N#Cc1ccc(CNC(=O)NC2CCN(CC(F)(F)F)C2)cc1. The molecule has 5 nitrogen and oxygen atoms in total. The summed E-state index contributed by atoms with van der Waals surface area (Å²) in [6, 6.07) is 8.09. The molecule has 0 radical (unpaired) electrons. The molecule has 1 unspecified atom stereocenters. The third-order valence-electron chi connectivity index (χ3n) is 3.55. The van der Waals surface area contributed by atoms with Gasteiger partial charge in [0.1, 0.15) is 0 Å². The largest absolute Gasteiger partial charge is 0.401 e. The third kappa shape index (κ3) is 5.79. The van der Waals surface area contributed by atoms with Crippen molar-refractivity contribution in [3.63, 3.8) is 0 Å². The number of halogens is 3. The van der Waals surface area contributed by atoms with E-state index in [0.29, 0.717) is 18.5 Å². The molecule has 2 amide bonds. The highest BCUT2D eigenvalue weighted by Gasteiger charge is 2.34. The van der Waals surface area contributed by atoms with Crippen molar-refractivity contribution >= 4 is 6.03 Å². The minimum Gasteiger partial charge on any atom is -0.334 e. The molecule has 23 heavy (non-hydrogen) atoms. The zero-order valence-corrected chi connectivity index (χ0v) is 12.4. The van der Waals surface area contributed by atoms with Gasteiger partial charge >= 0.3 is 12.2 Å². The fourth-order valence-electron chi connectivity index (χ4n) is 2.46. The number of hydrogen-bond donors (Lipinski definition) is 2. The van der Waals surface area contributed by atoms with Crippen LogP contribution in [0, 0.1) is 11.3 Å². The van der Waals surface area contributed by atoms with Gasteiger partial charge in [-0.25, -0.2) is 4.79 Å². The second-order valence-corrected chi connectivity index (χ2v) is 5.47. The van der Waals surface area contributed by atoms with Crippen molar-refractivity contribution in [2.75, 3.05) is 19.6 Å². The summed E-state index contributed by atoms with van der Waals surface area (Å²) in [5.41, 5.74) is 1.37. The number of nitrogens with one attached hydrogen (secondary N) is 2. The van der Waals surface area contributed by atoms with E-state index in [4.69, 9.17) is 5.26 Å².